The Morgan fingerprint density at radius 1 is 1.43 bits per heavy atom. The third-order valence-electron chi connectivity index (χ3n) is 4.32. The van der Waals surface area contributed by atoms with Gasteiger partial charge in [-0.15, -0.1) is 0 Å². The first kappa shape index (κ1) is 16.5. The van der Waals surface area contributed by atoms with Gasteiger partial charge in [0.25, 0.3) is 0 Å². The molecule has 23 heavy (non-hydrogen) atoms. The van der Waals surface area contributed by atoms with Crippen LogP contribution in [0.3, 0.4) is 0 Å². The number of nitrogens with zero attached hydrogens (tertiary/aromatic N) is 2. The standard InChI is InChI=1S/C16H23N3O3S/c1-18-12-3-2-4-13(20)16(12)23-15(18)5-6-17-14(21)11-19-7-9-22-10-8-19/h2-3,15H,4-11H2,1H3,(H,17,21). The summed E-state index contributed by atoms with van der Waals surface area (Å²) in [6.07, 6.45) is 5.28. The number of allylic oxidation sites excluding steroid dienone is 3. The Hall–Kier alpha value is -1.31. The predicted octanol–water partition coefficient (Wildman–Crippen LogP) is 0.570. The molecule has 0 aromatic heterocycles. The first-order chi connectivity index (χ1) is 11.1. The molecule has 1 fully saturated rings. The van der Waals surface area contributed by atoms with Gasteiger partial charge in [0.15, 0.2) is 5.78 Å². The van der Waals surface area contributed by atoms with Gasteiger partial charge in [-0.25, -0.2) is 0 Å². The van der Waals surface area contributed by atoms with Crippen molar-refractivity contribution in [2.24, 2.45) is 0 Å². The SMILES string of the molecule is CN1C2=C(SC1CCNC(=O)CN1CCOCC1)C(=O)CC=C2. The van der Waals surface area contributed by atoms with Gasteiger partial charge >= 0.3 is 0 Å². The minimum Gasteiger partial charge on any atom is -0.379 e. The Bertz CT molecular complexity index is 541. The van der Waals surface area contributed by atoms with Gasteiger partial charge in [0.05, 0.1) is 35.7 Å². The van der Waals surface area contributed by atoms with E-state index in [1.54, 1.807) is 11.8 Å². The third-order valence-corrected chi connectivity index (χ3v) is 5.81. The van der Waals surface area contributed by atoms with Gasteiger partial charge in [0.1, 0.15) is 0 Å². The van der Waals surface area contributed by atoms with E-state index in [4.69, 9.17) is 4.74 Å². The Morgan fingerprint density at radius 3 is 2.96 bits per heavy atom. The second kappa shape index (κ2) is 7.51. The lowest BCUT2D eigenvalue weighted by Gasteiger charge is -2.26. The van der Waals surface area contributed by atoms with E-state index in [1.165, 1.54) is 0 Å². The highest BCUT2D eigenvalue weighted by Crippen LogP contribution is 2.41. The molecule has 6 nitrogen and oxygen atoms in total. The van der Waals surface area contributed by atoms with Crippen LogP contribution in [0, 0.1) is 0 Å². The third kappa shape index (κ3) is 3.97. The molecule has 126 valence electrons. The number of carbonyl (C=O) groups excluding carboxylic acids is 2. The van der Waals surface area contributed by atoms with E-state index in [0.717, 1.165) is 30.1 Å². The fraction of sp³-hybridized carbons (Fsp3) is 0.625. The minimum atomic E-state index is 0.0613. The lowest BCUT2D eigenvalue weighted by atomic mass is 10.1. The number of Topliss-reactive ketones (excluding diaryl/α,β-unsaturated/α-hetero) is 1. The van der Waals surface area contributed by atoms with Crippen molar-refractivity contribution in [2.45, 2.75) is 18.2 Å². The number of nitrogens with one attached hydrogen (secondary N) is 1. The van der Waals surface area contributed by atoms with Crippen molar-refractivity contribution < 1.29 is 14.3 Å². The molecule has 7 heteroatoms. The Kier molecular flexibility index (Phi) is 5.40. The topological polar surface area (TPSA) is 61.9 Å². The summed E-state index contributed by atoms with van der Waals surface area (Å²) in [4.78, 5) is 29.0. The molecule has 0 bridgehead atoms. The number of thioether (sulfide) groups is 1. The minimum absolute atomic E-state index is 0.0613. The molecule has 1 atom stereocenters. The molecule has 3 aliphatic rings. The van der Waals surface area contributed by atoms with Crippen LogP contribution in [0.2, 0.25) is 0 Å². The molecule has 0 spiro atoms. The van der Waals surface area contributed by atoms with E-state index in [2.05, 4.69) is 15.1 Å². The second-order valence-electron chi connectivity index (χ2n) is 5.95. The number of hydrogen-bond donors (Lipinski definition) is 1. The molecule has 1 saturated heterocycles. The van der Waals surface area contributed by atoms with Crippen LogP contribution in [0.1, 0.15) is 12.8 Å². The number of ketones is 1. The van der Waals surface area contributed by atoms with Gasteiger partial charge in [-0.1, -0.05) is 17.8 Å². The Morgan fingerprint density at radius 2 is 2.22 bits per heavy atom. The maximum Gasteiger partial charge on any atom is 0.234 e. The van der Waals surface area contributed by atoms with Gasteiger partial charge < -0.3 is 15.0 Å². The molecule has 3 rings (SSSR count). The summed E-state index contributed by atoms with van der Waals surface area (Å²) in [5.74, 6) is 0.268. The van der Waals surface area contributed by atoms with E-state index in [9.17, 15) is 9.59 Å². The number of morpholine rings is 1. The second-order valence-corrected chi connectivity index (χ2v) is 7.14. The molecule has 1 N–H and O–H groups in total. The fourth-order valence-corrected chi connectivity index (χ4v) is 4.30. The van der Waals surface area contributed by atoms with E-state index in [1.807, 2.05) is 19.2 Å². The van der Waals surface area contributed by atoms with Crippen LogP contribution in [-0.2, 0) is 14.3 Å². The summed E-state index contributed by atoms with van der Waals surface area (Å²) in [5.41, 5.74) is 1.02. The van der Waals surface area contributed by atoms with Crippen LogP contribution in [0.25, 0.3) is 0 Å². The average molecular weight is 337 g/mol. The zero-order chi connectivity index (χ0) is 16.2. The molecule has 0 saturated carbocycles. The lowest BCUT2D eigenvalue weighted by molar-refractivity contribution is -0.123. The molecule has 0 aromatic rings. The van der Waals surface area contributed by atoms with Crippen LogP contribution in [0.4, 0.5) is 0 Å². The first-order valence-corrected chi connectivity index (χ1v) is 8.93. The van der Waals surface area contributed by atoms with E-state index >= 15 is 0 Å². The van der Waals surface area contributed by atoms with Gasteiger partial charge in [0.2, 0.25) is 5.91 Å². The van der Waals surface area contributed by atoms with E-state index < -0.39 is 0 Å². The fourth-order valence-electron chi connectivity index (χ4n) is 2.97. The summed E-state index contributed by atoms with van der Waals surface area (Å²) in [5, 5.41) is 3.21. The summed E-state index contributed by atoms with van der Waals surface area (Å²) >= 11 is 1.62. The van der Waals surface area contributed by atoms with Crippen molar-refractivity contribution in [1.29, 1.82) is 0 Å². The van der Waals surface area contributed by atoms with Crippen molar-refractivity contribution >= 4 is 23.5 Å². The number of ether oxygens (including phenoxy) is 1. The van der Waals surface area contributed by atoms with Gasteiger partial charge in [-0.2, -0.15) is 0 Å². The van der Waals surface area contributed by atoms with Crippen LogP contribution in [-0.4, -0.2) is 73.3 Å². The van der Waals surface area contributed by atoms with Gasteiger partial charge in [-0.05, 0) is 12.5 Å². The van der Waals surface area contributed by atoms with Crippen LogP contribution in [0.15, 0.2) is 22.8 Å². The normalized spacial score (nSPS) is 25.0. The summed E-state index contributed by atoms with van der Waals surface area (Å²) in [6, 6.07) is 0. The number of rotatable bonds is 5. The smallest absolute Gasteiger partial charge is 0.234 e. The summed E-state index contributed by atoms with van der Waals surface area (Å²) < 4.78 is 5.28. The summed E-state index contributed by atoms with van der Waals surface area (Å²) in [6.45, 7) is 4.11. The molecule has 2 aliphatic heterocycles. The maximum absolute atomic E-state index is 12.0. The predicted molar refractivity (Wildman–Crippen MR) is 89.8 cm³/mol. The van der Waals surface area contributed by atoms with Crippen molar-refractivity contribution in [3.63, 3.8) is 0 Å². The van der Waals surface area contributed by atoms with Crippen LogP contribution in [0.5, 0.6) is 0 Å². The first-order valence-electron chi connectivity index (χ1n) is 8.05. The molecule has 1 unspecified atom stereocenters. The quantitative estimate of drug-likeness (QED) is 0.791. The largest absolute Gasteiger partial charge is 0.379 e. The molecular formula is C16H23N3O3S. The molecule has 1 amide bonds. The summed E-state index contributed by atoms with van der Waals surface area (Å²) in [7, 11) is 2.01. The van der Waals surface area contributed by atoms with Crippen molar-refractivity contribution in [2.75, 3.05) is 46.4 Å². The molecule has 1 aliphatic carbocycles. The number of likely N-dealkylation sites (N-methyl/N-ethyl adjacent to an activating group) is 1. The van der Waals surface area contributed by atoms with Crippen molar-refractivity contribution in [3.05, 3.63) is 22.8 Å². The van der Waals surface area contributed by atoms with Crippen LogP contribution < -0.4 is 5.32 Å². The van der Waals surface area contributed by atoms with Gasteiger partial charge in [0, 0.05) is 33.1 Å². The Balaban J connectivity index is 1.40. The maximum atomic E-state index is 12.0. The van der Waals surface area contributed by atoms with Crippen LogP contribution >= 0.6 is 11.8 Å². The van der Waals surface area contributed by atoms with E-state index in [-0.39, 0.29) is 17.1 Å². The lowest BCUT2D eigenvalue weighted by Crippen LogP contribution is -2.43. The van der Waals surface area contributed by atoms with E-state index in [0.29, 0.717) is 32.7 Å². The Labute approximate surface area is 140 Å². The highest BCUT2D eigenvalue weighted by molar-refractivity contribution is 8.04. The number of amides is 1. The monoisotopic (exact) mass is 337 g/mol. The highest BCUT2D eigenvalue weighted by Gasteiger charge is 2.33. The highest BCUT2D eigenvalue weighted by atomic mass is 32.2. The number of carbonyl (C=O) groups is 2. The molecular weight excluding hydrogens is 314 g/mol. The average Bonchev–Trinajstić information content (AvgIpc) is 2.87. The van der Waals surface area contributed by atoms with Crippen molar-refractivity contribution in [3.8, 4) is 0 Å². The van der Waals surface area contributed by atoms with Crippen molar-refractivity contribution in [1.82, 2.24) is 15.1 Å². The molecule has 2 heterocycles. The van der Waals surface area contributed by atoms with Gasteiger partial charge in [-0.3, -0.25) is 14.5 Å². The zero-order valence-electron chi connectivity index (χ0n) is 13.4. The molecule has 0 aromatic carbocycles. The molecule has 0 radical (unpaired) electrons. The zero-order valence-corrected chi connectivity index (χ0v) is 14.2. The number of hydrogen-bond acceptors (Lipinski definition) is 6.